The quantitative estimate of drug-likeness (QED) is 0.115. The Bertz CT molecular complexity index is 1980. The van der Waals surface area contributed by atoms with Crippen molar-refractivity contribution in [3.8, 4) is 40.3 Å². The van der Waals surface area contributed by atoms with E-state index in [1.165, 1.54) is 0 Å². The Morgan fingerprint density at radius 1 is 0.714 bits per heavy atom. The van der Waals surface area contributed by atoms with Gasteiger partial charge in [-0.25, -0.2) is 19.9 Å². The summed E-state index contributed by atoms with van der Waals surface area (Å²) in [6.45, 7) is 4.30. The molecule has 3 N–H and O–H groups in total. The van der Waals surface area contributed by atoms with Crippen molar-refractivity contribution in [3.05, 3.63) is 82.0 Å². The molecule has 0 aliphatic heterocycles. The summed E-state index contributed by atoms with van der Waals surface area (Å²) in [5.41, 5.74) is 5.14. The number of hydrogen-bond acceptors (Lipinski definition) is 10. The van der Waals surface area contributed by atoms with Crippen LogP contribution in [0.1, 0.15) is 6.42 Å². The van der Waals surface area contributed by atoms with Crippen LogP contribution in [-0.2, 0) is 0 Å². The van der Waals surface area contributed by atoms with Crippen LogP contribution in [0.2, 0.25) is 0 Å². The molecule has 49 heavy (non-hydrogen) atoms. The van der Waals surface area contributed by atoms with Crippen molar-refractivity contribution in [2.75, 3.05) is 60.1 Å². The zero-order chi connectivity index (χ0) is 34.6. The number of nitriles is 1. The third-order valence-electron chi connectivity index (χ3n) is 7.43. The number of aromatic amines is 2. The molecule has 4 aromatic heterocycles. The standard InChI is InChI=1S/C18H18BrN5O.C17H19BrN4O2/c1-24(8-2-7-20)9-10-25-15-5-3-13(4-6-15)17-22-16-11-14(19)12-21-18(16)23-17;1-22(6-8-23)7-9-24-14-4-2-12(3-5-14)16-20-15-10-13(18)11-19-17(15)21-16/h3-6,11-12H,2,8-10H2,1H3,(H,21,22,23);2-5,10-11,23H,6-9H2,1H3,(H,19,20,21). The first-order valence-corrected chi connectivity index (χ1v) is 17.2. The van der Waals surface area contributed by atoms with E-state index in [1.807, 2.05) is 79.7 Å². The molecular formula is C35H37Br2N9O3. The molecule has 0 fully saturated rings. The zero-order valence-electron chi connectivity index (χ0n) is 27.2. The summed E-state index contributed by atoms with van der Waals surface area (Å²) in [5.74, 6) is 3.19. The molecule has 0 bridgehead atoms. The molecule has 0 saturated heterocycles. The summed E-state index contributed by atoms with van der Waals surface area (Å²) in [4.78, 5) is 28.2. The van der Waals surface area contributed by atoms with Crippen molar-refractivity contribution in [2.24, 2.45) is 0 Å². The highest BCUT2D eigenvalue weighted by atomic mass is 79.9. The Labute approximate surface area is 301 Å². The highest BCUT2D eigenvalue weighted by molar-refractivity contribution is 9.10. The summed E-state index contributed by atoms with van der Waals surface area (Å²) < 4.78 is 13.3. The van der Waals surface area contributed by atoms with Gasteiger partial charge in [-0.05, 0) is 107 Å². The SMILES string of the molecule is CN(CCC#N)CCOc1ccc(-c2nc3ncc(Br)cc3[nH]2)cc1.CN(CCO)CCOc1ccc(-c2nc3ncc(Br)cc3[nH]2)cc1. The molecule has 0 amide bonds. The van der Waals surface area contributed by atoms with E-state index in [0.717, 1.165) is 73.9 Å². The molecular weight excluding hydrogens is 754 g/mol. The van der Waals surface area contributed by atoms with Crippen LogP contribution in [0.4, 0.5) is 0 Å². The first-order chi connectivity index (χ1) is 23.8. The van der Waals surface area contributed by atoms with Crippen LogP contribution >= 0.6 is 31.9 Å². The first-order valence-electron chi connectivity index (χ1n) is 15.6. The van der Waals surface area contributed by atoms with E-state index in [1.54, 1.807) is 12.4 Å². The minimum absolute atomic E-state index is 0.161. The van der Waals surface area contributed by atoms with Gasteiger partial charge >= 0.3 is 0 Å². The Morgan fingerprint density at radius 3 is 1.59 bits per heavy atom. The van der Waals surface area contributed by atoms with Gasteiger partial charge < -0.3 is 34.3 Å². The average molecular weight is 792 g/mol. The van der Waals surface area contributed by atoms with Gasteiger partial charge in [-0.1, -0.05) is 0 Å². The third kappa shape index (κ3) is 10.5. The van der Waals surface area contributed by atoms with Gasteiger partial charge in [0.2, 0.25) is 0 Å². The number of likely N-dealkylation sites (N-methyl/N-ethyl adjacent to an activating group) is 2. The molecule has 0 aliphatic rings. The highest BCUT2D eigenvalue weighted by Crippen LogP contribution is 2.25. The summed E-state index contributed by atoms with van der Waals surface area (Å²) in [5, 5.41) is 17.4. The molecule has 6 aromatic rings. The number of halogens is 2. The molecule has 6 rings (SSSR count). The van der Waals surface area contributed by atoms with Gasteiger partial charge in [0.15, 0.2) is 11.3 Å². The van der Waals surface area contributed by atoms with Crippen LogP contribution in [0.25, 0.3) is 45.1 Å². The second-order valence-corrected chi connectivity index (χ2v) is 13.0. The number of H-pyrrole nitrogens is 2. The van der Waals surface area contributed by atoms with Crippen molar-refractivity contribution in [1.82, 2.24) is 39.7 Å². The fraction of sp³-hybridized carbons (Fsp3) is 0.286. The number of aromatic nitrogens is 6. The average Bonchev–Trinajstić information content (AvgIpc) is 3.72. The summed E-state index contributed by atoms with van der Waals surface area (Å²) in [6.07, 6.45) is 4.00. The number of ether oxygens (including phenoxy) is 2. The molecule has 12 nitrogen and oxygen atoms in total. The minimum Gasteiger partial charge on any atom is -0.492 e. The number of benzene rings is 2. The van der Waals surface area contributed by atoms with E-state index in [9.17, 15) is 0 Å². The molecule has 0 unspecified atom stereocenters. The fourth-order valence-corrected chi connectivity index (χ4v) is 5.38. The van der Waals surface area contributed by atoms with Crippen molar-refractivity contribution in [1.29, 1.82) is 5.26 Å². The molecule has 0 aliphatic carbocycles. The van der Waals surface area contributed by atoms with Gasteiger partial charge in [0.1, 0.15) is 36.4 Å². The maximum absolute atomic E-state index is 8.86. The van der Waals surface area contributed by atoms with Gasteiger partial charge in [-0.2, -0.15) is 5.26 Å². The van der Waals surface area contributed by atoms with Crippen molar-refractivity contribution in [3.63, 3.8) is 0 Å². The molecule has 254 valence electrons. The molecule has 0 saturated carbocycles. The highest BCUT2D eigenvalue weighted by Gasteiger charge is 2.09. The third-order valence-corrected chi connectivity index (χ3v) is 8.30. The monoisotopic (exact) mass is 789 g/mol. The van der Waals surface area contributed by atoms with E-state index in [2.05, 4.69) is 72.7 Å². The summed E-state index contributed by atoms with van der Waals surface area (Å²) in [7, 11) is 3.94. The minimum atomic E-state index is 0.161. The lowest BCUT2D eigenvalue weighted by molar-refractivity contribution is 0.192. The van der Waals surface area contributed by atoms with Gasteiger partial charge in [0.25, 0.3) is 0 Å². The number of hydrogen-bond donors (Lipinski definition) is 3. The van der Waals surface area contributed by atoms with Crippen LogP contribution < -0.4 is 9.47 Å². The van der Waals surface area contributed by atoms with Crippen molar-refractivity contribution < 1.29 is 14.6 Å². The van der Waals surface area contributed by atoms with Crippen molar-refractivity contribution in [2.45, 2.75) is 6.42 Å². The normalized spacial score (nSPS) is 11.1. The maximum Gasteiger partial charge on any atom is 0.178 e. The molecule has 0 radical (unpaired) electrons. The number of aliphatic hydroxyl groups excluding tert-OH is 1. The molecule has 0 atom stereocenters. The number of rotatable bonds is 14. The number of pyridine rings is 2. The number of fused-ring (bicyclic) bond motifs is 2. The van der Waals surface area contributed by atoms with E-state index >= 15 is 0 Å². The molecule has 14 heteroatoms. The predicted octanol–water partition coefficient (Wildman–Crippen LogP) is 6.30. The smallest absolute Gasteiger partial charge is 0.178 e. The van der Waals surface area contributed by atoms with Gasteiger partial charge in [0.05, 0.1) is 23.7 Å². The van der Waals surface area contributed by atoms with Gasteiger partial charge in [0, 0.05) is 65.1 Å². The Balaban J connectivity index is 0.000000191. The number of aliphatic hydroxyl groups is 1. The van der Waals surface area contributed by atoms with E-state index < -0.39 is 0 Å². The summed E-state index contributed by atoms with van der Waals surface area (Å²) >= 11 is 6.82. The van der Waals surface area contributed by atoms with E-state index in [-0.39, 0.29) is 6.61 Å². The fourth-order valence-electron chi connectivity index (χ4n) is 4.71. The summed E-state index contributed by atoms with van der Waals surface area (Å²) in [6, 6.07) is 21.7. The Hall–Kier alpha value is -4.39. The first kappa shape index (κ1) is 35.9. The largest absolute Gasteiger partial charge is 0.492 e. The van der Waals surface area contributed by atoms with Gasteiger partial charge in [-0.15, -0.1) is 0 Å². The van der Waals surface area contributed by atoms with E-state index in [4.69, 9.17) is 19.8 Å². The van der Waals surface area contributed by atoms with Crippen LogP contribution in [-0.4, -0.2) is 105 Å². The lowest BCUT2D eigenvalue weighted by Crippen LogP contribution is -2.27. The Morgan fingerprint density at radius 2 is 1.16 bits per heavy atom. The maximum atomic E-state index is 8.86. The van der Waals surface area contributed by atoms with Crippen LogP contribution in [0.5, 0.6) is 11.5 Å². The van der Waals surface area contributed by atoms with E-state index in [0.29, 0.717) is 37.5 Å². The van der Waals surface area contributed by atoms with Crippen LogP contribution in [0.15, 0.2) is 82.0 Å². The lowest BCUT2D eigenvalue weighted by Gasteiger charge is -2.15. The van der Waals surface area contributed by atoms with Gasteiger partial charge in [-0.3, -0.25) is 0 Å². The van der Waals surface area contributed by atoms with Crippen LogP contribution in [0.3, 0.4) is 0 Å². The Kier molecular flexibility index (Phi) is 13.1. The molecule has 0 spiro atoms. The number of nitrogens with one attached hydrogen (secondary N) is 2. The topological polar surface area (TPSA) is 152 Å². The van der Waals surface area contributed by atoms with Crippen molar-refractivity contribution >= 4 is 54.2 Å². The number of imidazole rings is 2. The second kappa shape index (κ2) is 17.8. The molecule has 4 heterocycles. The second-order valence-electron chi connectivity index (χ2n) is 11.2. The zero-order valence-corrected chi connectivity index (χ0v) is 30.4. The van der Waals surface area contributed by atoms with Crippen LogP contribution in [0, 0.1) is 11.3 Å². The number of nitrogens with zero attached hydrogens (tertiary/aromatic N) is 7. The lowest BCUT2D eigenvalue weighted by atomic mass is 10.2. The molecule has 2 aromatic carbocycles. The predicted molar refractivity (Wildman–Crippen MR) is 197 cm³/mol.